The summed E-state index contributed by atoms with van der Waals surface area (Å²) in [5.41, 5.74) is 0.572. The molecule has 0 bridgehead atoms. The average molecular weight is 370 g/mol. The first-order valence-corrected chi connectivity index (χ1v) is 10.3. The molecular formula is C15H12ClNO4S2. The molecule has 0 N–H and O–H groups in total. The molecule has 0 aliphatic heterocycles. The molecule has 1 aromatic heterocycles. The van der Waals surface area contributed by atoms with E-state index in [9.17, 15) is 16.8 Å². The summed E-state index contributed by atoms with van der Waals surface area (Å²) in [5.74, 6) is 0. The highest BCUT2D eigenvalue weighted by Crippen LogP contribution is 2.34. The molecule has 0 aliphatic rings. The fourth-order valence-electron chi connectivity index (χ4n) is 2.56. The Bertz CT molecular complexity index is 1100. The van der Waals surface area contributed by atoms with Crippen molar-refractivity contribution in [3.8, 4) is 0 Å². The summed E-state index contributed by atoms with van der Waals surface area (Å²) in [6.45, 7) is 1.54. The quantitative estimate of drug-likeness (QED) is 0.665. The van der Waals surface area contributed by atoms with Crippen LogP contribution in [0.2, 0.25) is 0 Å². The van der Waals surface area contributed by atoms with Gasteiger partial charge in [-0.1, -0.05) is 36.4 Å². The molecule has 0 unspecified atom stereocenters. The Balaban J connectivity index is 2.52. The van der Waals surface area contributed by atoms with Crippen LogP contribution in [0.1, 0.15) is 5.56 Å². The molecule has 0 radical (unpaired) electrons. The van der Waals surface area contributed by atoms with Gasteiger partial charge in [0, 0.05) is 16.1 Å². The fourth-order valence-corrected chi connectivity index (χ4v) is 6.09. The van der Waals surface area contributed by atoms with Crippen LogP contribution >= 0.6 is 10.7 Å². The molecule has 3 rings (SSSR count). The first-order chi connectivity index (χ1) is 10.7. The van der Waals surface area contributed by atoms with Gasteiger partial charge in [0.05, 0.1) is 10.4 Å². The largest absolute Gasteiger partial charge is 0.278 e. The number of halogens is 1. The molecule has 5 nitrogen and oxygen atoms in total. The van der Waals surface area contributed by atoms with Crippen molar-refractivity contribution in [1.82, 2.24) is 3.97 Å². The minimum atomic E-state index is -4.26. The van der Waals surface area contributed by atoms with Crippen molar-refractivity contribution < 1.29 is 16.8 Å². The van der Waals surface area contributed by atoms with Crippen LogP contribution in [0.3, 0.4) is 0 Å². The summed E-state index contributed by atoms with van der Waals surface area (Å²) in [4.78, 5) is -0.0117. The minimum Gasteiger partial charge on any atom is -0.221 e. The first kappa shape index (κ1) is 16.0. The van der Waals surface area contributed by atoms with Crippen molar-refractivity contribution in [2.45, 2.75) is 16.8 Å². The van der Waals surface area contributed by atoms with Gasteiger partial charge < -0.3 is 0 Å². The predicted octanol–water partition coefficient (Wildman–Crippen LogP) is 3.11. The molecule has 120 valence electrons. The van der Waals surface area contributed by atoms with Gasteiger partial charge in [-0.25, -0.2) is 20.8 Å². The number of para-hydroxylation sites is 1. The molecule has 2 aromatic carbocycles. The Morgan fingerprint density at radius 3 is 2.04 bits per heavy atom. The Hall–Kier alpha value is -1.83. The number of aryl methyl sites for hydroxylation is 1. The third-order valence-corrected chi connectivity index (χ3v) is 6.78. The van der Waals surface area contributed by atoms with Crippen molar-refractivity contribution in [2.75, 3.05) is 0 Å². The van der Waals surface area contributed by atoms with E-state index in [2.05, 4.69) is 0 Å². The van der Waals surface area contributed by atoms with Crippen LogP contribution in [0, 0.1) is 6.92 Å². The lowest BCUT2D eigenvalue weighted by atomic mass is 10.2. The number of hydrogen-bond acceptors (Lipinski definition) is 4. The van der Waals surface area contributed by atoms with Gasteiger partial charge in [0.15, 0.2) is 5.03 Å². The van der Waals surface area contributed by atoms with Gasteiger partial charge in [0.1, 0.15) is 0 Å². The number of nitrogens with zero attached hydrogens (tertiary/aromatic N) is 1. The van der Waals surface area contributed by atoms with Crippen LogP contribution in [0.4, 0.5) is 0 Å². The summed E-state index contributed by atoms with van der Waals surface area (Å²) in [7, 11) is -2.85. The van der Waals surface area contributed by atoms with Gasteiger partial charge >= 0.3 is 0 Å². The lowest BCUT2D eigenvalue weighted by Gasteiger charge is -2.10. The van der Waals surface area contributed by atoms with E-state index in [1.807, 2.05) is 0 Å². The zero-order valence-corrected chi connectivity index (χ0v) is 14.4. The van der Waals surface area contributed by atoms with Crippen molar-refractivity contribution >= 4 is 40.7 Å². The number of aromatic nitrogens is 1. The number of hydrogen-bond donors (Lipinski definition) is 0. The van der Waals surface area contributed by atoms with Gasteiger partial charge in [-0.2, -0.15) is 0 Å². The fraction of sp³-hybridized carbons (Fsp3) is 0.0667. The maximum absolute atomic E-state index is 13.0. The summed E-state index contributed by atoms with van der Waals surface area (Å²) in [6.07, 6.45) is 0. The summed E-state index contributed by atoms with van der Waals surface area (Å²) >= 11 is 0. The van der Waals surface area contributed by atoms with Crippen molar-refractivity contribution in [1.29, 1.82) is 0 Å². The second-order valence-electron chi connectivity index (χ2n) is 4.97. The number of fused-ring (bicyclic) bond motifs is 1. The predicted molar refractivity (Wildman–Crippen MR) is 88.7 cm³/mol. The van der Waals surface area contributed by atoms with Crippen molar-refractivity contribution in [2.24, 2.45) is 0 Å². The molecule has 0 fully saturated rings. The zero-order valence-electron chi connectivity index (χ0n) is 12.0. The SMILES string of the molecule is Cc1c(S(=O)(=O)Cl)n(S(=O)(=O)c2ccccc2)c2ccccc12. The summed E-state index contributed by atoms with van der Waals surface area (Å²) in [6, 6.07) is 14.2. The van der Waals surface area contributed by atoms with E-state index in [0.29, 0.717) is 10.9 Å². The minimum absolute atomic E-state index is 0.0117. The maximum Gasteiger partial charge on any atom is 0.278 e. The normalized spacial score (nSPS) is 12.6. The second kappa shape index (κ2) is 5.36. The highest BCUT2D eigenvalue weighted by atomic mass is 35.7. The highest BCUT2D eigenvalue weighted by Gasteiger charge is 2.31. The van der Waals surface area contributed by atoms with E-state index in [1.54, 1.807) is 42.5 Å². The van der Waals surface area contributed by atoms with Crippen LogP contribution in [0.5, 0.6) is 0 Å². The lowest BCUT2D eigenvalue weighted by Crippen LogP contribution is -2.17. The van der Waals surface area contributed by atoms with Gasteiger partial charge in [0.2, 0.25) is 0 Å². The van der Waals surface area contributed by atoms with Crippen LogP contribution in [0.25, 0.3) is 10.9 Å². The Kier molecular flexibility index (Phi) is 3.74. The van der Waals surface area contributed by atoms with E-state index in [1.165, 1.54) is 19.1 Å². The molecule has 0 saturated heterocycles. The van der Waals surface area contributed by atoms with Crippen LogP contribution < -0.4 is 0 Å². The lowest BCUT2D eigenvalue weighted by molar-refractivity contribution is 0.578. The zero-order chi connectivity index (χ0) is 16.8. The Labute approximate surface area is 138 Å². The van der Waals surface area contributed by atoms with Gasteiger partial charge in [-0.05, 0) is 30.7 Å². The van der Waals surface area contributed by atoms with Crippen LogP contribution in [0.15, 0.2) is 64.5 Å². The molecule has 0 saturated carbocycles. The van der Waals surface area contributed by atoms with Crippen molar-refractivity contribution in [3.05, 3.63) is 60.2 Å². The van der Waals surface area contributed by atoms with E-state index < -0.39 is 24.1 Å². The Morgan fingerprint density at radius 1 is 0.870 bits per heavy atom. The standard InChI is InChI=1S/C15H12ClNO4S2/c1-11-13-9-5-6-10-14(13)17(15(11)22(16,18)19)23(20,21)12-7-3-2-4-8-12/h2-10H,1H3. The van der Waals surface area contributed by atoms with Crippen LogP contribution in [-0.4, -0.2) is 20.8 Å². The molecule has 3 aromatic rings. The third-order valence-electron chi connectivity index (χ3n) is 3.54. The number of benzene rings is 2. The molecule has 0 aliphatic carbocycles. The van der Waals surface area contributed by atoms with E-state index in [4.69, 9.17) is 10.7 Å². The van der Waals surface area contributed by atoms with E-state index >= 15 is 0 Å². The van der Waals surface area contributed by atoms with Crippen molar-refractivity contribution in [3.63, 3.8) is 0 Å². The van der Waals surface area contributed by atoms with Gasteiger partial charge in [0.25, 0.3) is 19.1 Å². The molecular weight excluding hydrogens is 358 g/mol. The van der Waals surface area contributed by atoms with Gasteiger partial charge in [-0.15, -0.1) is 0 Å². The maximum atomic E-state index is 13.0. The topological polar surface area (TPSA) is 73.2 Å². The molecule has 1 heterocycles. The average Bonchev–Trinajstić information content (AvgIpc) is 2.82. The molecule has 0 atom stereocenters. The third kappa shape index (κ3) is 2.54. The first-order valence-electron chi connectivity index (χ1n) is 6.60. The van der Waals surface area contributed by atoms with E-state index in [0.717, 1.165) is 3.97 Å². The second-order valence-corrected chi connectivity index (χ2v) is 9.24. The van der Waals surface area contributed by atoms with E-state index in [-0.39, 0.29) is 10.4 Å². The Morgan fingerprint density at radius 2 is 1.43 bits per heavy atom. The number of rotatable bonds is 3. The smallest absolute Gasteiger partial charge is 0.221 e. The molecule has 8 heteroatoms. The molecule has 0 amide bonds. The molecule has 0 spiro atoms. The monoisotopic (exact) mass is 369 g/mol. The molecule has 23 heavy (non-hydrogen) atoms. The highest BCUT2D eigenvalue weighted by molar-refractivity contribution is 8.14. The van der Waals surface area contributed by atoms with Gasteiger partial charge in [-0.3, -0.25) is 0 Å². The summed E-state index contributed by atoms with van der Waals surface area (Å²) < 4.78 is 50.7. The van der Waals surface area contributed by atoms with Crippen LogP contribution in [-0.2, 0) is 19.1 Å². The summed E-state index contributed by atoms with van der Waals surface area (Å²) in [5, 5.41) is 0.0930.